The summed E-state index contributed by atoms with van der Waals surface area (Å²) < 4.78 is 28.7. The van der Waals surface area contributed by atoms with E-state index >= 15 is 0 Å². The molecule has 0 aromatic heterocycles. The minimum atomic E-state index is -0.751. The Balaban J connectivity index is 1.79. The number of benzene rings is 2. The smallest absolute Gasteiger partial charge is 0.224 e. The van der Waals surface area contributed by atoms with Crippen molar-refractivity contribution in [3.63, 3.8) is 0 Å². The largest absolute Gasteiger partial charge is 0.355 e. The zero-order chi connectivity index (χ0) is 18.8. The van der Waals surface area contributed by atoms with Crippen LogP contribution in [0.5, 0.6) is 0 Å². The Morgan fingerprint density at radius 3 is 2.46 bits per heavy atom. The fourth-order valence-corrected chi connectivity index (χ4v) is 3.64. The van der Waals surface area contributed by atoms with Crippen molar-refractivity contribution in [3.05, 3.63) is 70.3 Å². The van der Waals surface area contributed by atoms with Crippen LogP contribution in [0.1, 0.15) is 34.6 Å². The van der Waals surface area contributed by atoms with E-state index in [9.17, 15) is 18.4 Å². The fraction of sp³-hybridized carbons (Fsp3) is 0.333. The predicted molar refractivity (Wildman–Crippen MR) is 94.8 cm³/mol. The van der Waals surface area contributed by atoms with Gasteiger partial charge in [0.15, 0.2) is 0 Å². The van der Waals surface area contributed by atoms with E-state index in [2.05, 4.69) is 5.32 Å². The molecule has 1 aliphatic rings. The van der Waals surface area contributed by atoms with Gasteiger partial charge >= 0.3 is 0 Å². The monoisotopic (exact) mass is 357 g/mol. The van der Waals surface area contributed by atoms with Gasteiger partial charge < -0.3 is 5.32 Å². The molecule has 1 amide bonds. The Bertz CT molecular complexity index is 840. The molecule has 1 fully saturated rings. The topological polar surface area (TPSA) is 46.2 Å². The van der Waals surface area contributed by atoms with Crippen molar-refractivity contribution in [1.29, 1.82) is 0 Å². The van der Waals surface area contributed by atoms with Crippen LogP contribution in [0, 0.1) is 31.4 Å². The summed E-state index contributed by atoms with van der Waals surface area (Å²) in [6.07, 6.45) is 0.175. The third-order valence-corrected chi connectivity index (χ3v) is 4.84. The number of amides is 1. The highest BCUT2D eigenvalue weighted by Crippen LogP contribution is 2.35. The van der Waals surface area contributed by atoms with E-state index in [1.165, 1.54) is 12.1 Å². The fourth-order valence-electron chi connectivity index (χ4n) is 3.64. The quantitative estimate of drug-likeness (QED) is 0.888. The normalized spacial score (nSPS) is 19.5. The van der Waals surface area contributed by atoms with E-state index in [0.29, 0.717) is 5.56 Å². The van der Waals surface area contributed by atoms with Gasteiger partial charge in [-0.1, -0.05) is 29.8 Å². The summed E-state index contributed by atoms with van der Waals surface area (Å²) in [5.74, 6) is -3.20. The molecule has 0 radical (unpaired) electrons. The van der Waals surface area contributed by atoms with Gasteiger partial charge in [0, 0.05) is 30.9 Å². The average molecular weight is 357 g/mol. The molecular weight excluding hydrogens is 336 g/mol. The first-order valence-electron chi connectivity index (χ1n) is 8.65. The summed E-state index contributed by atoms with van der Waals surface area (Å²) in [7, 11) is 0. The van der Waals surface area contributed by atoms with Crippen LogP contribution in [0.15, 0.2) is 36.4 Å². The number of hydrogen-bond acceptors (Lipinski definition) is 2. The van der Waals surface area contributed by atoms with Crippen molar-refractivity contribution < 1.29 is 18.4 Å². The minimum absolute atomic E-state index is 0.0306. The number of ketones is 1. The molecule has 2 atom stereocenters. The van der Waals surface area contributed by atoms with E-state index < -0.39 is 23.5 Å². The van der Waals surface area contributed by atoms with E-state index in [1.54, 1.807) is 6.92 Å². The standard InChI is InChI=1S/C21H21F2NO2/c1-12-4-3-5-14(6-12)9-15(25)10-16-17(11-24-21(16)26)20-18(22)7-13(2)8-19(20)23/h3-8,16-17H,9-11H2,1-2H3,(H,24,26)/t16-,17+/m0/s1. The number of aryl methyl sites for hydroxylation is 2. The van der Waals surface area contributed by atoms with E-state index in [4.69, 9.17) is 0 Å². The molecule has 0 aliphatic carbocycles. The second-order valence-electron chi connectivity index (χ2n) is 7.01. The molecule has 1 saturated heterocycles. The Labute approximate surface area is 151 Å². The molecule has 1 N–H and O–H groups in total. The average Bonchev–Trinajstić information content (AvgIpc) is 2.87. The second-order valence-corrected chi connectivity index (χ2v) is 7.01. The number of nitrogens with one attached hydrogen (secondary N) is 1. The van der Waals surface area contributed by atoms with Crippen molar-refractivity contribution in [1.82, 2.24) is 5.32 Å². The highest BCUT2D eigenvalue weighted by molar-refractivity contribution is 5.90. The molecule has 1 heterocycles. The van der Waals surface area contributed by atoms with E-state index in [1.807, 2.05) is 31.2 Å². The van der Waals surface area contributed by atoms with Gasteiger partial charge in [0.05, 0.1) is 5.92 Å². The van der Waals surface area contributed by atoms with Gasteiger partial charge in [0.25, 0.3) is 0 Å². The first-order chi connectivity index (χ1) is 12.3. The first kappa shape index (κ1) is 18.2. The number of hydrogen-bond donors (Lipinski definition) is 1. The highest BCUT2D eigenvalue weighted by Gasteiger charge is 2.39. The molecule has 136 valence electrons. The molecule has 0 saturated carbocycles. The number of rotatable bonds is 5. The maximum atomic E-state index is 14.3. The van der Waals surface area contributed by atoms with Gasteiger partial charge in [-0.25, -0.2) is 8.78 Å². The van der Waals surface area contributed by atoms with Gasteiger partial charge in [-0.15, -0.1) is 0 Å². The molecule has 0 spiro atoms. The lowest BCUT2D eigenvalue weighted by Gasteiger charge is -2.18. The Morgan fingerprint density at radius 2 is 1.81 bits per heavy atom. The molecule has 0 bridgehead atoms. The van der Waals surface area contributed by atoms with Crippen molar-refractivity contribution in [2.45, 2.75) is 32.6 Å². The van der Waals surface area contributed by atoms with Crippen LogP contribution in [0.3, 0.4) is 0 Å². The molecular formula is C21H21F2NO2. The van der Waals surface area contributed by atoms with Crippen molar-refractivity contribution in [2.24, 2.45) is 5.92 Å². The molecule has 1 aliphatic heterocycles. The zero-order valence-corrected chi connectivity index (χ0v) is 14.8. The minimum Gasteiger partial charge on any atom is -0.355 e. The molecule has 3 rings (SSSR count). The maximum Gasteiger partial charge on any atom is 0.224 e. The summed E-state index contributed by atoms with van der Waals surface area (Å²) in [4.78, 5) is 24.6. The summed E-state index contributed by atoms with van der Waals surface area (Å²) in [6, 6.07) is 10.1. The first-order valence-corrected chi connectivity index (χ1v) is 8.65. The lowest BCUT2D eigenvalue weighted by molar-refractivity contribution is -0.127. The van der Waals surface area contributed by atoms with Crippen molar-refractivity contribution >= 4 is 11.7 Å². The predicted octanol–water partition coefficient (Wildman–Crippen LogP) is 3.61. The maximum absolute atomic E-state index is 14.3. The van der Waals surface area contributed by atoms with E-state index in [0.717, 1.165) is 11.1 Å². The van der Waals surface area contributed by atoms with Gasteiger partial charge in [-0.2, -0.15) is 0 Å². The Morgan fingerprint density at radius 1 is 1.12 bits per heavy atom. The van der Waals surface area contributed by atoms with Crippen molar-refractivity contribution in [3.8, 4) is 0 Å². The van der Waals surface area contributed by atoms with Crippen LogP contribution in [-0.2, 0) is 16.0 Å². The van der Waals surface area contributed by atoms with Gasteiger partial charge in [0.1, 0.15) is 17.4 Å². The zero-order valence-electron chi connectivity index (χ0n) is 14.8. The molecule has 0 unspecified atom stereocenters. The van der Waals surface area contributed by atoms with Crippen LogP contribution in [-0.4, -0.2) is 18.2 Å². The summed E-state index contributed by atoms with van der Waals surface area (Å²) >= 11 is 0. The lowest BCUT2D eigenvalue weighted by Crippen LogP contribution is -2.23. The second kappa shape index (κ2) is 7.36. The Kier molecular flexibility index (Phi) is 5.16. The van der Waals surface area contributed by atoms with E-state index in [-0.39, 0.29) is 36.6 Å². The molecule has 2 aromatic rings. The summed E-state index contributed by atoms with van der Waals surface area (Å²) in [6.45, 7) is 3.69. The Hall–Kier alpha value is -2.56. The van der Waals surface area contributed by atoms with Crippen LogP contribution >= 0.6 is 0 Å². The van der Waals surface area contributed by atoms with Gasteiger partial charge in [-0.3, -0.25) is 9.59 Å². The highest BCUT2D eigenvalue weighted by atomic mass is 19.1. The van der Waals surface area contributed by atoms with Gasteiger partial charge in [-0.05, 0) is 37.1 Å². The third kappa shape index (κ3) is 3.82. The molecule has 26 heavy (non-hydrogen) atoms. The summed E-state index contributed by atoms with van der Waals surface area (Å²) in [5, 5.41) is 2.64. The van der Waals surface area contributed by atoms with Crippen LogP contribution in [0.25, 0.3) is 0 Å². The number of carbonyl (C=O) groups is 2. The number of halogens is 2. The number of Topliss-reactive ketones (excluding diaryl/α,β-unsaturated/α-hetero) is 1. The summed E-state index contributed by atoms with van der Waals surface area (Å²) in [5.41, 5.74) is 2.30. The lowest BCUT2D eigenvalue weighted by atomic mass is 9.83. The SMILES string of the molecule is Cc1cccc(CC(=O)C[C@@H]2C(=O)NC[C@H]2c2c(F)cc(C)cc2F)c1. The van der Waals surface area contributed by atoms with Crippen LogP contribution in [0.4, 0.5) is 8.78 Å². The van der Waals surface area contributed by atoms with Gasteiger partial charge in [0.2, 0.25) is 5.91 Å². The third-order valence-electron chi connectivity index (χ3n) is 4.84. The number of carbonyl (C=O) groups excluding carboxylic acids is 2. The molecule has 2 aromatic carbocycles. The molecule has 5 heteroatoms. The van der Waals surface area contributed by atoms with Crippen LogP contribution in [0.2, 0.25) is 0 Å². The van der Waals surface area contributed by atoms with Crippen molar-refractivity contribution in [2.75, 3.05) is 6.54 Å². The van der Waals surface area contributed by atoms with Crippen LogP contribution < -0.4 is 5.32 Å². The molecule has 3 nitrogen and oxygen atoms in total.